The van der Waals surface area contributed by atoms with E-state index in [0.717, 1.165) is 54.6 Å². The molecule has 5 rings (SSSR count). The van der Waals surface area contributed by atoms with Crippen LogP contribution in [0.25, 0.3) is 5.69 Å². The Labute approximate surface area is 191 Å². The predicted molar refractivity (Wildman–Crippen MR) is 119 cm³/mol. The molecule has 3 aromatic rings. The second kappa shape index (κ2) is 9.10. The number of pyridine rings is 1. The van der Waals surface area contributed by atoms with Crippen LogP contribution in [0.3, 0.4) is 0 Å². The summed E-state index contributed by atoms with van der Waals surface area (Å²) in [6.45, 7) is 1.47. The van der Waals surface area contributed by atoms with Crippen molar-refractivity contribution >= 4 is 35.6 Å². The van der Waals surface area contributed by atoms with Crippen molar-refractivity contribution in [1.82, 2.24) is 25.1 Å². The maximum atomic E-state index is 6.22. The molecule has 9 heteroatoms. The molecular formula is C21H22Cl3N5O. The summed E-state index contributed by atoms with van der Waals surface area (Å²) >= 11 is 12.1. The number of hydrogen-bond acceptors (Lipinski definition) is 5. The van der Waals surface area contributed by atoms with E-state index < -0.39 is 0 Å². The molecule has 1 aliphatic heterocycles. The molecule has 6 nitrogen and oxygen atoms in total. The van der Waals surface area contributed by atoms with Gasteiger partial charge in [-0.1, -0.05) is 23.2 Å². The standard InChI is InChI=1S/C21H21Cl2N5O.ClH/c22-15-3-7-18-14(9-15)10-24-12-19-26-27-21(28(18)19)13-1-5-17(6-2-13)29-20-8-4-16(23)11-25-20;/h3-4,7-9,11,13,17,24H,1-2,5-6,10,12H2;1H. The molecule has 1 fully saturated rings. The monoisotopic (exact) mass is 465 g/mol. The quantitative estimate of drug-likeness (QED) is 0.582. The summed E-state index contributed by atoms with van der Waals surface area (Å²) in [5.41, 5.74) is 2.29. The number of fused-ring (bicyclic) bond motifs is 3. The summed E-state index contributed by atoms with van der Waals surface area (Å²) in [4.78, 5) is 4.24. The van der Waals surface area contributed by atoms with E-state index in [4.69, 9.17) is 27.9 Å². The largest absolute Gasteiger partial charge is 0.474 e. The van der Waals surface area contributed by atoms with Crippen molar-refractivity contribution in [2.75, 3.05) is 0 Å². The van der Waals surface area contributed by atoms with Gasteiger partial charge in [-0.05, 0) is 55.5 Å². The Hall–Kier alpha value is -1.86. The summed E-state index contributed by atoms with van der Waals surface area (Å²) < 4.78 is 8.26. The maximum Gasteiger partial charge on any atom is 0.213 e. The van der Waals surface area contributed by atoms with Crippen LogP contribution in [0.2, 0.25) is 10.0 Å². The normalized spacial score (nSPS) is 20.5. The maximum absolute atomic E-state index is 6.22. The highest BCUT2D eigenvalue weighted by molar-refractivity contribution is 6.30. The molecule has 0 spiro atoms. The van der Waals surface area contributed by atoms with Crippen LogP contribution < -0.4 is 10.1 Å². The van der Waals surface area contributed by atoms with Gasteiger partial charge in [-0.25, -0.2) is 4.98 Å². The zero-order chi connectivity index (χ0) is 19.8. The third-order valence-electron chi connectivity index (χ3n) is 5.66. The molecule has 0 radical (unpaired) electrons. The van der Waals surface area contributed by atoms with E-state index in [-0.39, 0.29) is 18.5 Å². The smallest absolute Gasteiger partial charge is 0.213 e. The van der Waals surface area contributed by atoms with Crippen LogP contribution in [0.5, 0.6) is 5.88 Å². The van der Waals surface area contributed by atoms with Crippen molar-refractivity contribution in [1.29, 1.82) is 0 Å². The van der Waals surface area contributed by atoms with Gasteiger partial charge in [0.25, 0.3) is 0 Å². The second-order valence-electron chi connectivity index (χ2n) is 7.59. The summed E-state index contributed by atoms with van der Waals surface area (Å²) in [5.74, 6) is 2.97. The first-order valence-corrected chi connectivity index (χ1v) is 10.6. The average Bonchev–Trinajstić information content (AvgIpc) is 3.06. The number of halogens is 3. The van der Waals surface area contributed by atoms with E-state index >= 15 is 0 Å². The molecule has 0 bridgehead atoms. The Morgan fingerprint density at radius 3 is 2.53 bits per heavy atom. The lowest BCUT2D eigenvalue weighted by molar-refractivity contribution is 0.139. The Morgan fingerprint density at radius 2 is 1.77 bits per heavy atom. The lowest BCUT2D eigenvalue weighted by Crippen LogP contribution is -2.25. The number of nitrogens with zero attached hydrogens (tertiary/aromatic N) is 4. The van der Waals surface area contributed by atoms with Gasteiger partial charge in [-0.3, -0.25) is 4.57 Å². The molecule has 0 saturated heterocycles. The fourth-order valence-corrected chi connectivity index (χ4v) is 4.54. The van der Waals surface area contributed by atoms with Crippen molar-refractivity contribution in [3.8, 4) is 11.6 Å². The number of benzene rings is 1. The molecule has 1 N–H and O–H groups in total. The molecule has 1 aromatic carbocycles. The van der Waals surface area contributed by atoms with E-state index in [1.165, 1.54) is 5.56 Å². The zero-order valence-corrected chi connectivity index (χ0v) is 18.6. The van der Waals surface area contributed by atoms with Crippen LogP contribution >= 0.6 is 35.6 Å². The van der Waals surface area contributed by atoms with Crippen LogP contribution in [-0.2, 0) is 13.1 Å². The highest BCUT2D eigenvalue weighted by Gasteiger charge is 2.30. The van der Waals surface area contributed by atoms with Crippen molar-refractivity contribution in [2.45, 2.75) is 50.8 Å². The van der Waals surface area contributed by atoms with Crippen molar-refractivity contribution in [3.05, 3.63) is 63.8 Å². The van der Waals surface area contributed by atoms with Gasteiger partial charge in [-0.2, -0.15) is 0 Å². The summed E-state index contributed by atoms with van der Waals surface area (Å²) in [7, 11) is 0. The first-order chi connectivity index (χ1) is 14.2. The molecular weight excluding hydrogens is 445 g/mol. The Bertz CT molecular complexity index is 1020. The Morgan fingerprint density at radius 1 is 0.967 bits per heavy atom. The second-order valence-corrected chi connectivity index (χ2v) is 8.47. The molecule has 0 unspecified atom stereocenters. The molecule has 0 atom stereocenters. The van der Waals surface area contributed by atoms with E-state index in [2.05, 4.69) is 31.1 Å². The van der Waals surface area contributed by atoms with Crippen LogP contribution in [0.4, 0.5) is 0 Å². The minimum Gasteiger partial charge on any atom is -0.474 e. The molecule has 1 saturated carbocycles. The number of nitrogens with one attached hydrogen (secondary N) is 1. The number of rotatable bonds is 3. The van der Waals surface area contributed by atoms with Gasteiger partial charge in [0.1, 0.15) is 11.9 Å². The van der Waals surface area contributed by atoms with Gasteiger partial charge >= 0.3 is 0 Å². The summed E-state index contributed by atoms with van der Waals surface area (Å²) in [6, 6.07) is 9.65. The summed E-state index contributed by atoms with van der Waals surface area (Å²) in [5, 5.41) is 13.8. The van der Waals surface area contributed by atoms with Crippen molar-refractivity contribution in [3.63, 3.8) is 0 Å². The number of ether oxygens (including phenoxy) is 1. The number of aromatic nitrogens is 4. The molecule has 0 amide bonds. The van der Waals surface area contributed by atoms with E-state index in [0.29, 0.717) is 23.4 Å². The van der Waals surface area contributed by atoms with Crippen LogP contribution in [0.1, 0.15) is 48.8 Å². The molecule has 3 heterocycles. The van der Waals surface area contributed by atoms with Gasteiger partial charge < -0.3 is 10.1 Å². The highest BCUT2D eigenvalue weighted by atomic mass is 35.5. The minimum atomic E-state index is 0. The predicted octanol–water partition coefficient (Wildman–Crippen LogP) is 5.10. The zero-order valence-electron chi connectivity index (χ0n) is 16.2. The fraction of sp³-hybridized carbons (Fsp3) is 0.381. The minimum absolute atomic E-state index is 0. The van der Waals surface area contributed by atoms with Crippen molar-refractivity contribution in [2.24, 2.45) is 0 Å². The lowest BCUT2D eigenvalue weighted by Gasteiger charge is -2.28. The topological polar surface area (TPSA) is 64.9 Å². The third-order valence-corrected chi connectivity index (χ3v) is 6.12. The van der Waals surface area contributed by atoms with Gasteiger partial charge in [-0.15, -0.1) is 22.6 Å². The lowest BCUT2D eigenvalue weighted by atomic mass is 9.86. The van der Waals surface area contributed by atoms with Gasteiger partial charge in [0, 0.05) is 29.7 Å². The average molecular weight is 467 g/mol. The molecule has 2 aromatic heterocycles. The number of hydrogen-bond donors (Lipinski definition) is 1. The van der Waals surface area contributed by atoms with E-state index in [1.807, 2.05) is 18.2 Å². The highest BCUT2D eigenvalue weighted by Crippen LogP contribution is 2.36. The third kappa shape index (κ3) is 4.28. The molecule has 158 valence electrons. The van der Waals surface area contributed by atoms with Crippen molar-refractivity contribution < 1.29 is 4.74 Å². The van der Waals surface area contributed by atoms with Gasteiger partial charge in [0.2, 0.25) is 5.88 Å². The SMILES string of the molecule is Cl.Clc1ccc(OC2CCC(c3nnc4n3-c3ccc(Cl)cc3CNC4)CC2)nc1. The first-order valence-electron chi connectivity index (χ1n) is 9.89. The van der Waals surface area contributed by atoms with E-state index in [9.17, 15) is 0 Å². The van der Waals surface area contributed by atoms with Crippen LogP contribution in [-0.4, -0.2) is 25.9 Å². The first kappa shape index (κ1) is 21.4. The molecule has 30 heavy (non-hydrogen) atoms. The fourth-order valence-electron chi connectivity index (χ4n) is 4.24. The van der Waals surface area contributed by atoms with E-state index in [1.54, 1.807) is 12.3 Å². The van der Waals surface area contributed by atoms with Gasteiger partial charge in [0.15, 0.2) is 5.82 Å². The van der Waals surface area contributed by atoms with Crippen LogP contribution in [0, 0.1) is 0 Å². The van der Waals surface area contributed by atoms with Gasteiger partial charge in [0.05, 0.1) is 17.3 Å². The summed E-state index contributed by atoms with van der Waals surface area (Å²) in [6.07, 6.45) is 5.72. The van der Waals surface area contributed by atoms with Crippen LogP contribution in [0.15, 0.2) is 36.5 Å². The molecule has 1 aliphatic carbocycles. The Balaban J connectivity index is 0.00000218. The Kier molecular flexibility index (Phi) is 6.48. The molecule has 2 aliphatic rings.